The average Bonchev–Trinajstić information content (AvgIpc) is 3.02. The van der Waals surface area contributed by atoms with E-state index < -0.39 is 0 Å². The monoisotopic (exact) mass is 328 g/mol. The van der Waals surface area contributed by atoms with Crippen LogP contribution in [0.2, 0.25) is 0 Å². The predicted octanol–water partition coefficient (Wildman–Crippen LogP) is 2.73. The van der Waals surface area contributed by atoms with E-state index in [0.29, 0.717) is 12.2 Å². The van der Waals surface area contributed by atoms with Gasteiger partial charge in [0.2, 0.25) is 5.91 Å². The molecule has 2 aliphatic rings. The van der Waals surface area contributed by atoms with E-state index in [2.05, 4.69) is 26.6 Å². The third-order valence-corrected chi connectivity index (χ3v) is 4.53. The summed E-state index contributed by atoms with van der Waals surface area (Å²) >= 11 is 0. The lowest BCUT2D eigenvalue weighted by Crippen LogP contribution is -2.32. The first kappa shape index (κ1) is 14.6. The number of hydrogen-bond acceptors (Lipinski definition) is 4. The molecule has 0 radical (unpaired) electrons. The summed E-state index contributed by atoms with van der Waals surface area (Å²) in [6.45, 7) is 0.972. The number of benzene rings is 1. The minimum Gasteiger partial charge on any atom is -0.466 e. The van der Waals surface area contributed by atoms with Crippen molar-refractivity contribution in [3.63, 3.8) is 0 Å². The van der Waals surface area contributed by atoms with Crippen LogP contribution in [-0.2, 0) is 22.2 Å². The van der Waals surface area contributed by atoms with E-state index in [9.17, 15) is 4.79 Å². The van der Waals surface area contributed by atoms with Crippen LogP contribution in [0.5, 0.6) is 5.75 Å². The second-order valence-corrected chi connectivity index (χ2v) is 6.11. The fourth-order valence-corrected chi connectivity index (χ4v) is 3.45. The molecule has 23 heavy (non-hydrogen) atoms. The number of nitrogens with zero attached hydrogens (tertiary/aromatic N) is 2. The highest BCUT2D eigenvalue weighted by molar-refractivity contribution is 7.09. The molecule has 1 unspecified atom stereocenters. The Bertz CT molecular complexity index is 778. The number of anilines is 1. The van der Waals surface area contributed by atoms with Crippen LogP contribution in [0.15, 0.2) is 30.6 Å². The number of aromatic nitrogens is 1. The Morgan fingerprint density at radius 2 is 1.91 bits per heavy atom. The standard InChI is InChI=1S/C17H17N2O3P/c20-16-2-1-11-5-13(6-12-3-4-19(16)17(11)12)14-7-15(9-18-8-14)21-10-22-23/h5-9H,1-4,10,23H2. The Balaban J connectivity index is 1.73. The average molecular weight is 328 g/mol. The van der Waals surface area contributed by atoms with E-state index in [-0.39, 0.29) is 12.7 Å². The predicted molar refractivity (Wildman–Crippen MR) is 90.3 cm³/mol. The minimum absolute atomic E-state index is 0.169. The summed E-state index contributed by atoms with van der Waals surface area (Å²) in [6, 6.07) is 6.31. The normalized spacial score (nSPS) is 15.7. The maximum atomic E-state index is 12.0. The van der Waals surface area contributed by atoms with Crippen molar-refractivity contribution < 1.29 is 14.1 Å². The second-order valence-electron chi connectivity index (χ2n) is 5.78. The van der Waals surface area contributed by atoms with E-state index in [1.165, 1.54) is 11.1 Å². The fourth-order valence-electron chi connectivity index (χ4n) is 3.38. The molecule has 0 aliphatic carbocycles. The van der Waals surface area contributed by atoms with E-state index in [0.717, 1.165) is 36.2 Å². The fraction of sp³-hybridized carbons (Fsp3) is 0.294. The molecule has 2 aromatic rings. The zero-order valence-electron chi connectivity index (χ0n) is 12.6. The lowest BCUT2D eigenvalue weighted by molar-refractivity contribution is -0.118. The van der Waals surface area contributed by atoms with Crippen molar-refractivity contribution in [2.24, 2.45) is 0 Å². The van der Waals surface area contributed by atoms with Gasteiger partial charge in [0, 0.05) is 34.2 Å². The molecular weight excluding hydrogens is 311 g/mol. The number of hydrogen-bond donors (Lipinski definition) is 0. The van der Waals surface area contributed by atoms with Crippen molar-refractivity contribution in [3.05, 3.63) is 41.7 Å². The topological polar surface area (TPSA) is 51.7 Å². The van der Waals surface area contributed by atoms with Crippen LogP contribution in [0.1, 0.15) is 17.5 Å². The third-order valence-electron chi connectivity index (χ3n) is 4.39. The number of ether oxygens (including phenoxy) is 1. The Labute approximate surface area is 136 Å². The molecule has 5 nitrogen and oxygen atoms in total. The molecule has 6 heteroatoms. The molecule has 1 aromatic heterocycles. The Morgan fingerprint density at radius 3 is 2.74 bits per heavy atom. The van der Waals surface area contributed by atoms with Gasteiger partial charge in [-0.1, -0.05) is 0 Å². The summed E-state index contributed by atoms with van der Waals surface area (Å²) in [7, 11) is 2.16. The number of carbonyl (C=O) groups excluding carboxylic acids is 1. The first-order chi connectivity index (χ1) is 11.3. The molecule has 0 bridgehead atoms. The van der Waals surface area contributed by atoms with Crippen LogP contribution >= 0.6 is 9.47 Å². The van der Waals surface area contributed by atoms with Gasteiger partial charge in [0.05, 0.1) is 11.9 Å². The van der Waals surface area contributed by atoms with Gasteiger partial charge >= 0.3 is 0 Å². The Kier molecular flexibility index (Phi) is 3.76. The van der Waals surface area contributed by atoms with Crippen LogP contribution in [0.4, 0.5) is 5.69 Å². The summed E-state index contributed by atoms with van der Waals surface area (Å²) in [5, 5.41) is 0. The van der Waals surface area contributed by atoms with Gasteiger partial charge in [-0.15, -0.1) is 0 Å². The molecule has 4 rings (SSSR count). The van der Waals surface area contributed by atoms with E-state index in [4.69, 9.17) is 9.26 Å². The molecule has 1 atom stereocenters. The summed E-state index contributed by atoms with van der Waals surface area (Å²) in [5.74, 6) is 0.925. The van der Waals surface area contributed by atoms with E-state index >= 15 is 0 Å². The third kappa shape index (κ3) is 2.60. The smallest absolute Gasteiger partial charge is 0.227 e. The van der Waals surface area contributed by atoms with Crippen LogP contribution in [-0.4, -0.2) is 24.2 Å². The van der Waals surface area contributed by atoms with Gasteiger partial charge in [0.15, 0.2) is 6.79 Å². The van der Waals surface area contributed by atoms with Gasteiger partial charge in [-0.2, -0.15) is 0 Å². The number of pyridine rings is 1. The minimum atomic E-state index is 0.169. The lowest BCUT2D eigenvalue weighted by Gasteiger charge is -2.25. The lowest BCUT2D eigenvalue weighted by atomic mass is 9.94. The zero-order chi connectivity index (χ0) is 15.8. The van der Waals surface area contributed by atoms with Crippen LogP contribution in [0.25, 0.3) is 11.1 Å². The van der Waals surface area contributed by atoms with E-state index in [1.807, 2.05) is 17.2 Å². The van der Waals surface area contributed by atoms with Gasteiger partial charge in [0.25, 0.3) is 0 Å². The molecule has 3 heterocycles. The molecular formula is C17H17N2O3P. The highest BCUT2D eigenvalue weighted by atomic mass is 31.0. The second kappa shape index (κ2) is 5.91. The van der Waals surface area contributed by atoms with Crippen LogP contribution in [0.3, 0.4) is 0 Å². The van der Waals surface area contributed by atoms with Crippen molar-refractivity contribution in [3.8, 4) is 16.9 Å². The van der Waals surface area contributed by atoms with Gasteiger partial charge in [0.1, 0.15) is 5.75 Å². The SMILES string of the molecule is O=C1CCc2cc(-c3cncc(OCOP)c3)cc3c2N1CC3. The largest absolute Gasteiger partial charge is 0.466 e. The number of carbonyl (C=O) groups is 1. The summed E-state index contributed by atoms with van der Waals surface area (Å²) in [5.41, 5.74) is 5.79. The first-order valence-electron chi connectivity index (χ1n) is 7.62. The van der Waals surface area contributed by atoms with Gasteiger partial charge in [-0.05, 0) is 47.7 Å². The van der Waals surface area contributed by atoms with E-state index in [1.54, 1.807) is 6.20 Å². The van der Waals surface area contributed by atoms with Gasteiger partial charge in [-0.25, -0.2) is 0 Å². The molecule has 0 fully saturated rings. The maximum absolute atomic E-state index is 12.0. The summed E-state index contributed by atoms with van der Waals surface area (Å²) < 4.78 is 10.3. The molecule has 0 N–H and O–H groups in total. The first-order valence-corrected chi connectivity index (χ1v) is 8.09. The van der Waals surface area contributed by atoms with Crippen molar-refractivity contribution in [1.29, 1.82) is 0 Å². The number of aryl methyl sites for hydroxylation is 1. The maximum Gasteiger partial charge on any atom is 0.227 e. The Morgan fingerprint density at radius 1 is 1.09 bits per heavy atom. The number of amides is 1. The van der Waals surface area contributed by atoms with Gasteiger partial charge < -0.3 is 14.2 Å². The molecule has 0 saturated heterocycles. The van der Waals surface area contributed by atoms with Crippen molar-refractivity contribution >= 4 is 21.1 Å². The highest BCUT2D eigenvalue weighted by Crippen LogP contribution is 2.39. The molecule has 0 spiro atoms. The van der Waals surface area contributed by atoms with Crippen molar-refractivity contribution in [1.82, 2.24) is 4.98 Å². The van der Waals surface area contributed by atoms with Crippen molar-refractivity contribution in [2.75, 3.05) is 18.2 Å². The van der Waals surface area contributed by atoms with Gasteiger partial charge in [-0.3, -0.25) is 9.78 Å². The molecule has 1 aromatic carbocycles. The van der Waals surface area contributed by atoms with Crippen LogP contribution in [0, 0.1) is 0 Å². The molecule has 2 aliphatic heterocycles. The molecule has 1 amide bonds. The number of rotatable bonds is 4. The highest BCUT2D eigenvalue weighted by Gasteiger charge is 2.31. The summed E-state index contributed by atoms with van der Waals surface area (Å²) in [6.07, 6.45) is 5.85. The quantitative estimate of drug-likeness (QED) is 0.640. The molecule has 0 saturated carbocycles. The zero-order valence-corrected chi connectivity index (χ0v) is 13.8. The van der Waals surface area contributed by atoms with Crippen molar-refractivity contribution in [2.45, 2.75) is 19.3 Å². The van der Waals surface area contributed by atoms with Crippen LogP contribution < -0.4 is 9.64 Å². The summed E-state index contributed by atoms with van der Waals surface area (Å²) in [4.78, 5) is 18.2. The Hall–Kier alpha value is -1.97. The molecule has 118 valence electrons.